The molecule has 0 aliphatic carbocycles. The van der Waals surface area contributed by atoms with Gasteiger partial charge in [-0.25, -0.2) is 4.39 Å². The monoisotopic (exact) mass is 280 g/mol. The van der Waals surface area contributed by atoms with E-state index in [1.165, 1.54) is 31.0 Å². The van der Waals surface area contributed by atoms with Crippen LogP contribution in [0.5, 0.6) is 0 Å². The minimum atomic E-state index is -0.104. The Kier molecular flexibility index (Phi) is 5.25. The number of nitrogens with zero attached hydrogens (tertiary/aromatic N) is 2. The van der Waals surface area contributed by atoms with Crippen LogP contribution in [0.3, 0.4) is 0 Å². The number of aryl methyl sites for hydroxylation is 2. The number of halogens is 1. The SMILES string of the molecule is CCCCCCc1cc(F)c(CCC)c2nsnc12. The summed E-state index contributed by atoms with van der Waals surface area (Å²) in [4.78, 5) is 0. The van der Waals surface area contributed by atoms with Crippen molar-refractivity contribution in [2.45, 2.75) is 58.8 Å². The van der Waals surface area contributed by atoms with Crippen LogP contribution < -0.4 is 0 Å². The zero-order valence-corrected chi connectivity index (χ0v) is 12.5. The fourth-order valence-electron chi connectivity index (χ4n) is 2.44. The summed E-state index contributed by atoms with van der Waals surface area (Å²) in [7, 11) is 0. The number of benzene rings is 1. The molecule has 0 bridgehead atoms. The molecule has 0 N–H and O–H groups in total. The van der Waals surface area contributed by atoms with Crippen LogP contribution in [0, 0.1) is 5.82 Å². The van der Waals surface area contributed by atoms with Crippen LogP contribution in [-0.2, 0) is 12.8 Å². The number of unbranched alkanes of at least 4 members (excludes halogenated alkanes) is 3. The second kappa shape index (κ2) is 6.94. The summed E-state index contributed by atoms with van der Waals surface area (Å²) in [6, 6.07) is 1.68. The Labute approximate surface area is 118 Å². The van der Waals surface area contributed by atoms with E-state index in [1.807, 2.05) is 0 Å². The van der Waals surface area contributed by atoms with Gasteiger partial charge in [0.25, 0.3) is 0 Å². The van der Waals surface area contributed by atoms with Crippen LogP contribution >= 0.6 is 11.7 Å². The molecular formula is C15H21FN2S. The second-order valence-electron chi connectivity index (χ2n) is 5.02. The van der Waals surface area contributed by atoms with Gasteiger partial charge in [0.1, 0.15) is 16.9 Å². The van der Waals surface area contributed by atoms with Crippen LogP contribution in [0.2, 0.25) is 0 Å². The van der Waals surface area contributed by atoms with Crippen LogP contribution in [0.25, 0.3) is 11.0 Å². The second-order valence-corrected chi connectivity index (χ2v) is 5.55. The highest BCUT2D eigenvalue weighted by molar-refractivity contribution is 7.00. The van der Waals surface area contributed by atoms with Crippen LogP contribution in [0.15, 0.2) is 6.07 Å². The lowest BCUT2D eigenvalue weighted by molar-refractivity contribution is 0.605. The lowest BCUT2D eigenvalue weighted by Crippen LogP contribution is -1.97. The van der Waals surface area contributed by atoms with Crippen LogP contribution in [-0.4, -0.2) is 8.75 Å². The average molecular weight is 280 g/mol. The Bertz CT molecular complexity index is 536. The Hall–Kier alpha value is -1.03. The number of fused-ring (bicyclic) bond motifs is 1. The maximum atomic E-state index is 14.2. The standard InChI is InChI=1S/C15H21FN2S/c1-3-5-6-7-9-11-10-13(16)12(8-4-2)15-14(11)17-19-18-15/h10H,3-9H2,1-2H3. The van der Waals surface area contributed by atoms with Crippen molar-refractivity contribution in [3.63, 3.8) is 0 Å². The van der Waals surface area contributed by atoms with E-state index in [2.05, 4.69) is 22.6 Å². The van der Waals surface area contributed by atoms with E-state index < -0.39 is 0 Å². The largest absolute Gasteiger partial charge is 0.207 e. The third-order valence-electron chi connectivity index (χ3n) is 3.47. The maximum absolute atomic E-state index is 14.2. The first-order valence-corrected chi connectivity index (χ1v) is 7.93. The zero-order valence-electron chi connectivity index (χ0n) is 11.7. The lowest BCUT2D eigenvalue weighted by atomic mass is 10.00. The summed E-state index contributed by atoms with van der Waals surface area (Å²) >= 11 is 1.19. The summed E-state index contributed by atoms with van der Waals surface area (Å²) in [5.74, 6) is -0.104. The van der Waals surface area contributed by atoms with Gasteiger partial charge >= 0.3 is 0 Å². The molecule has 0 unspecified atom stereocenters. The van der Waals surface area contributed by atoms with Crippen molar-refractivity contribution >= 4 is 22.8 Å². The van der Waals surface area contributed by atoms with Crippen molar-refractivity contribution in [2.75, 3.05) is 0 Å². The number of aromatic nitrogens is 2. The fraction of sp³-hybridized carbons (Fsp3) is 0.600. The molecule has 0 amide bonds. The molecule has 1 aromatic heterocycles. The Balaban J connectivity index is 2.25. The topological polar surface area (TPSA) is 25.8 Å². The van der Waals surface area contributed by atoms with Gasteiger partial charge in [0.2, 0.25) is 0 Å². The van der Waals surface area contributed by atoms with E-state index in [1.54, 1.807) is 6.07 Å². The molecule has 1 heterocycles. The molecule has 0 aliphatic heterocycles. The van der Waals surface area contributed by atoms with Gasteiger partial charge < -0.3 is 0 Å². The highest BCUT2D eigenvalue weighted by atomic mass is 32.1. The van der Waals surface area contributed by atoms with E-state index in [9.17, 15) is 4.39 Å². The summed E-state index contributed by atoms with van der Waals surface area (Å²) < 4.78 is 22.8. The first-order valence-electron chi connectivity index (χ1n) is 7.20. The highest BCUT2D eigenvalue weighted by Crippen LogP contribution is 2.26. The van der Waals surface area contributed by atoms with E-state index in [-0.39, 0.29) is 5.82 Å². The molecule has 2 aromatic rings. The average Bonchev–Trinajstić information content (AvgIpc) is 2.88. The predicted molar refractivity (Wildman–Crippen MR) is 79.2 cm³/mol. The van der Waals surface area contributed by atoms with Gasteiger partial charge in [-0.1, -0.05) is 39.5 Å². The smallest absolute Gasteiger partial charge is 0.129 e. The zero-order chi connectivity index (χ0) is 13.7. The molecule has 2 nitrogen and oxygen atoms in total. The predicted octanol–water partition coefficient (Wildman–Crippen LogP) is 4.91. The number of hydrogen-bond acceptors (Lipinski definition) is 3. The first-order chi connectivity index (χ1) is 9.27. The molecule has 0 aliphatic rings. The molecule has 104 valence electrons. The van der Waals surface area contributed by atoms with Gasteiger partial charge in [-0.15, -0.1) is 0 Å². The molecule has 1 aromatic carbocycles. The van der Waals surface area contributed by atoms with Crippen LogP contribution in [0.4, 0.5) is 4.39 Å². The maximum Gasteiger partial charge on any atom is 0.129 e. The lowest BCUT2D eigenvalue weighted by Gasteiger charge is -2.07. The van der Waals surface area contributed by atoms with E-state index >= 15 is 0 Å². The summed E-state index contributed by atoms with van der Waals surface area (Å²) in [6.07, 6.45) is 7.35. The Morgan fingerprint density at radius 2 is 1.79 bits per heavy atom. The molecule has 0 fully saturated rings. The molecule has 0 saturated carbocycles. The Morgan fingerprint density at radius 3 is 2.53 bits per heavy atom. The number of rotatable bonds is 7. The highest BCUT2D eigenvalue weighted by Gasteiger charge is 2.14. The van der Waals surface area contributed by atoms with Gasteiger partial charge in [0.15, 0.2) is 0 Å². The molecular weight excluding hydrogens is 259 g/mol. The Morgan fingerprint density at radius 1 is 1.00 bits per heavy atom. The van der Waals surface area contributed by atoms with E-state index in [0.717, 1.165) is 47.8 Å². The third kappa shape index (κ3) is 3.30. The summed E-state index contributed by atoms with van der Waals surface area (Å²) in [5.41, 5.74) is 3.48. The van der Waals surface area contributed by atoms with Crippen molar-refractivity contribution in [3.05, 3.63) is 23.0 Å². The van der Waals surface area contributed by atoms with Crippen LogP contribution in [0.1, 0.15) is 57.1 Å². The molecule has 19 heavy (non-hydrogen) atoms. The molecule has 2 rings (SSSR count). The normalized spacial score (nSPS) is 11.3. The molecule has 0 spiro atoms. The molecule has 0 radical (unpaired) electrons. The fourth-order valence-corrected chi connectivity index (χ4v) is 3.04. The minimum Gasteiger partial charge on any atom is -0.207 e. The van der Waals surface area contributed by atoms with Crippen molar-refractivity contribution in [3.8, 4) is 0 Å². The quantitative estimate of drug-likeness (QED) is 0.674. The van der Waals surface area contributed by atoms with Gasteiger partial charge in [0, 0.05) is 5.56 Å². The van der Waals surface area contributed by atoms with Gasteiger partial charge in [-0.05, 0) is 30.9 Å². The van der Waals surface area contributed by atoms with Crippen molar-refractivity contribution in [1.82, 2.24) is 8.75 Å². The van der Waals surface area contributed by atoms with Gasteiger partial charge in [0.05, 0.1) is 11.7 Å². The molecule has 4 heteroatoms. The molecule has 0 atom stereocenters. The summed E-state index contributed by atoms with van der Waals surface area (Å²) in [5, 5.41) is 0. The molecule has 0 saturated heterocycles. The van der Waals surface area contributed by atoms with E-state index in [4.69, 9.17) is 0 Å². The minimum absolute atomic E-state index is 0.104. The van der Waals surface area contributed by atoms with Gasteiger partial charge in [-0.2, -0.15) is 8.75 Å². The van der Waals surface area contributed by atoms with Crippen molar-refractivity contribution < 1.29 is 4.39 Å². The summed E-state index contributed by atoms with van der Waals surface area (Å²) in [6.45, 7) is 4.26. The first kappa shape index (κ1) is 14.4. The van der Waals surface area contributed by atoms with Crippen molar-refractivity contribution in [1.29, 1.82) is 0 Å². The van der Waals surface area contributed by atoms with E-state index in [0.29, 0.717) is 0 Å². The number of hydrogen-bond donors (Lipinski definition) is 0. The van der Waals surface area contributed by atoms with Crippen molar-refractivity contribution in [2.24, 2.45) is 0 Å². The van der Waals surface area contributed by atoms with Gasteiger partial charge in [-0.3, -0.25) is 0 Å². The third-order valence-corrected chi connectivity index (χ3v) is 4.00.